The molecule has 1 fully saturated rings. The number of aliphatic hydroxyl groups is 2. The molecule has 0 aromatic carbocycles. The van der Waals surface area contributed by atoms with E-state index in [1.807, 2.05) is 0 Å². The van der Waals surface area contributed by atoms with Gasteiger partial charge in [0, 0.05) is 49.6 Å². The quantitative estimate of drug-likeness (QED) is 0.339. The number of aromatic nitrogens is 3. The van der Waals surface area contributed by atoms with E-state index in [0.717, 1.165) is 10.9 Å². The Morgan fingerprint density at radius 3 is 2.88 bits per heavy atom. The fourth-order valence-corrected chi connectivity index (χ4v) is 2.88. The molecule has 2 aromatic rings. The molecular weight excluding hydrogens is 396 g/mol. The Morgan fingerprint density at radius 2 is 2.25 bits per heavy atom. The predicted molar refractivity (Wildman–Crippen MR) is 75.8 cm³/mol. The van der Waals surface area contributed by atoms with Crippen molar-refractivity contribution in [2.24, 2.45) is 5.11 Å². The van der Waals surface area contributed by atoms with E-state index in [-0.39, 0.29) is 32.7 Å². The Bertz CT molecular complexity index is 810. The zero-order chi connectivity index (χ0) is 16.8. The monoisotopic (exact) mass is 410 g/mol. The van der Waals surface area contributed by atoms with E-state index in [1.165, 1.54) is 4.57 Å². The molecule has 4 unspecified atom stereocenters. The molecule has 1 saturated heterocycles. The number of nitrogens with zero attached hydrogens (tertiary/aromatic N) is 6. The molecule has 1 aliphatic rings. The van der Waals surface area contributed by atoms with Crippen LogP contribution in [0.25, 0.3) is 21.5 Å². The van der Waals surface area contributed by atoms with Gasteiger partial charge < -0.3 is 29.5 Å². The van der Waals surface area contributed by atoms with E-state index >= 15 is 0 Å². The van der Waals surface area contributed by atoms with Gasteiger partial charge in [0.05, 0.1) is 6.61 Å². The topological polar surface area (TPSA) is 129 Å². The Balaban J connectivity index is 0.00000208. The zero-order valence-electron chi connectivity index (χ0n) is 13.0. The van der Waals surface area contributed by atoms with Crippen LogP contribution in [0.5, 0.6) is 0 Å². The molecule has 0 spiro atoms. The van der Waals surface area contributed by atoms with Crippen LogP contribution in [0.2, 0.25) is 0 Å². The fourth-order valence-electron chi connectivity index (χ4n) is 2.88. The third kappa shape index (κ3) is 2.73. The molecule has 2 aromatic heterocycles. The van der Waals surface area contributed by atoms with Crippen LogP contribution in [0.1, 0.15) is 17.5 Å². The van der Waals surface area contributed by atoms with Gasteiger partial charge >= 0.3 is 0 Å². The van der Waals surface area contributed by atoms with Gasteiger partial charge in [-0.25, -0.2) is 4.39 Å². The number of hydrogen-bond donors (Lipinski definition) is 2. The van der Waals surface area contributed by atoms with Crippen LogP contribution in [-0.2, 0) is 37.4 Å². The van der Waals surface area contributed by atoms with Gasteiger partial charge in [0.1, 0.15) is 6.10 Å². The second-order valence-electron chi connectivity index (χ2n) is 5.42. The van der Waals surface area contributed by atoms with Crippen molar-refractivity contribution in [3.05, 3.63) is 34.2 Å². The van der Waals surface area contributed by atoms with Gasteiger partial charge in [-0.05, 0) is 24.2 Å². The zero-order valence-corrected chi connectivity index (χ0v) is 15.8. The molecule has 125 valence electrons. The van der Waals surface area contributed by atoms with E-state index in [4.69, 9.17) is 10.3 Å². The number of rotatable bonds is 3. The van der Waals surface area contributed by atoms with Crippen LogP contribution in [0.15, 0.2) is 11.3 Å². The third-order valence-electron chi connectivity index (χ3n) is 4.01. The van der Waals surface area contributed by atoms with E-state index in [1.54, 1.807) is 20.0 Å². The molecule has 4 atom stereocenters. The van der Waals surface area contributed by atoms with Gasteiger partial charge in [-0.3, -0.25) is 0 Å². The van der Waals surface area contributed by atoms with Gasteiger partial charge in [-0.15, -0.1) is 0 Å². The number of azide groups is 1. The Kier molecular flexibility index (Phi) is 5.58. The summed E-state index contributed by atoms with van der Waals surface area (Å²) in [7, 11) is 0. The summed E-state index contributed by atoms with van der Waals surface area (Å²) in [6, 6.07) is 0. The van der Waals surface area contributed by atoms with Gasteiger partial charge in [0.2, 0.25) is 5.72 Å². The van der Waals surface area contributed by atoms with Crippen LogP contribution in [0.4, 0.5) is 4.39 Å². The van der Waals surface area contributed by atoms with Crippen molar-refractivity contribution in [2.45, 2.75) is 38.1 Å². The summed E-state index contributed by atoms with van der Waals surface area (Å²) in [6.45, 7) is 2.72. The minimum absolute atomic E-state index is 0. The fraction of sp³-hybridized carbons (Fsp3) is 0.538. The SMILES string of the molecule is Cc1cn(C2OC(CO)(N=[N+]=[N-])C(O)C2F)c2n[c-]nc(C)c12.[Y]. The second-order valence-corrected chi connectivity index (χ2v) is 5.42. The summed E-state index contributed by atoms with van der Waals surface area (Å²) >= 11 is 0. The first-order chi connectivity index (χ1) is 10.9. The van der Waals surface area contributed by atoms with Crippen LogP contribution in [0, 0.1) is 20.2 Å². The largest absolute Gasteiger partial charge is 0.393 e. The third-order valence-corrected chi connectivity index (χ3v) is 4.01. The first-order valence-corrected chi connectivity index (χ1v) is 6.84. The number of ether oxygens (including phenoxy) is 1. The predicted octanol–water partition coefficient (Wildman–Crippen LogP) is 1.07. The molecule has 1 radical (unpaired) electrons. The molecule has 11 heteroatoms. The first kappa shape index (κ1) is 19.2. The maximum absolute atomic E-state index is 14.6. The minimum Gasteiger partial charge on any atom is -0.393 e. The number of aryl methyl sites for hydroxylation is 2. The molecule has 0 bridgehead atoms. The molecule has 9 nitrogen and oxygen atoms in total. The molecule has 0 amide bonds. The summed E-state index contributed by atoms with van der Waals surface area (Å²) in [5, 5.41) is 23.4. The molecule has 0 aliphatic carbocycles. The smallest absolute Gasteiger partial charge is 0.201 e. The van der Waals surface area contributed by atoms with Crippen LogP contribution < -0.4 is 0 Å². The molecule has 1 aliphatic heterocycles. The number of alkyl halides is 1. The number of aliphatic hydroxyl groups excluding tert-OH is 2. The first-order valence-electron chi connectivity index (χ1n) is 6.84. The van der Waals surface area contributed by atoms with Crippen molar-refractivity contribution in [3.8, 4) is 0 Å². The van der Waals surface area contributed by atoms with Crippen LogP contribution >= 0.6 is 0 Å². The van der Waals surface area contributed by atoms with Gasteiger partial charge in [0.25, 0.3) is 0 Å². The standard InChI is InChI=1S/C13H14FN6O3.Y/c1-6-3-20(11-8(6)7(2)16-5-17-11)12-9(14)10(22)13(4-21,23-12)18-19-15;/h3,9-10,12,21-22H,4H2,1-2H3;/q-1;. The number of hydrogen-bond acceptors (Lipinski definition) is 6. The van der Waals surface area contributed by atoms with E-state index in [2.05, 4.69) is 26.3 Å². The summed E-state index contributed by atoms with van der Waals surface area (Å²) in [6.07, 6.45) is -0.951. The van der Waals surface area contributed by atoms with Crippen molar-refractivity contribution in [3.63, 3.8) is 0 Å². The second kappa shape index (κ2) is 6.99. The van der Waals surface area contributed by atoms with E-state index in [0.29, 0.717) is 11.3 Å². The van der Waals surface area contributed by atoms with E-state index in [9.17, 15) is 14.6 Å². The molecule has 3 heterocycles. The molecule has 24 heavy (non-hydrogen) atoms. The maximum atomic E-state index is 14.6. The van der Waals surface area contributed by atoms with Crippen LogP contribution in [0.3, 0.4) is 0 Å². The van der Waals surface area contributed by atoms with Crippen molar-refractivity contribution in [2.75, 3.05) is 6.61 Å². The number of fused-ring (bicyclic) bond motifs is 1. The van der Waals surface area contributed by atoms with Gasteiger partial charge in [-0.1, -0.05) is 23.1 Å². The summed E-state index contributed by atoms with van der Waals surface area (Å²) in [5.74, 6) is 0. The van der Waals surface area contributed by atoms with Gasteiger partial charge in [-0.2, -0.15) is 0 Å². The average Bonchev–Trinajstić information content (AvgIpc) is 2.99. The van der Waals surface area contributed by atoms with Crippen molar-refractivity contribution < 1.29 is 52.0 Å². The van der Waals surface area contributed by atoms with E-state index < -0.39 is 30.8 Å². The molecule has 2 N–H and O–H groups in total. The number of halogens is 1. The maximum Gasteiger partial charge on any atom is 0.201 e. The Morgan fingerprint density at radius 1 is 1.54 bits per heavy atom. The van der Waals surface area contributed by atoms with Gasteiger partial charge in [0.15, 0.2) is 12.4 Å². The van der Waals surface area contributed by atoms with Crippen molar-refractivity contribution in [1.29, 1.82) is 0 Å². The summed E-state index contributed by atoms with van der Waals surface area (Å²) in [4.78, 5) is 10.5. The summed E-state index contributed by atoms with van der Waals surface area (Å²) in [5.41, 5.74) is 8.37. The average molecular weight is 410 g/mol. The Labute approximate surface area is 161 Å². The van der Waals surface area contributed by atoms with Crippen molar-refractivity contribution in [1.82, 2.24) is 14.5 Å². The summed E-state index contributed by atoms with van der Waals surface area (Å²) < 4.78 is 21.4. The van der Waals surface area contributed by atoms with Crippen molar-refractivity contribution >= 4 is 11.0 Å². The molecule has 0 saturated carbocycles. The minimum atomic E-state index is -2.07. The Hall–Kier alpha value is -1.16. The molecular formula is C13H14FN6O3Y-. The normalized spacial score (nSPS) is 29.3. The van der Waals surface area contributed by atoms with Crippen LogP contribution in [-0.4, -0.2) is 49.4 Å². The molecule has 3 rings (SSSR count).